The van der Waals surface area contributed by atoms with Crippen LogP contribution >= 0.6 is 11.8 Å². The third-order valence-corrected chi connectivity index (χ3v) is 3.16. The molecule has 1 N–H and O–H groups in total. The second-order valence-corrected chi connectivity index (χ2v) is 4.12. The summed E-state index contributed by atoms with van der Waals surface area (Å²) in [6.07, 6.45) is 6.18. The summed E-state index contributed by atoms with van der Waals surface area (Å²) in [5.74, 6) is 1.09. The van der Waals surface area contributed by atoms with E-state index < -0.39 is 0 Å². The summed E-state index contributed by atoms with van der Waals surface area (Å²) in [4.78, 5) is 8.33. The molecule has 4 heteroatoms. The van der Waals surface area contributed by atoms with Gasteiger partial charge in [0.25, 0.3) is 0 Å². The zero-order valence-electron chi connectivity index (χ0n) is 7.44. The average Bonchev–Trinajstić information content (AvgIpc) is 2.69. The third-order valence-electron chi connectivity index (χ3n) is 2.12. The molecule has 1 aliphatic heterocycles. The summed E-state index contributed by atoms with van der Waals surface area (Å²) >= 11 is 1.73. The molecule has 0 radical (unpaired) electrons. The van der Waals surface area contributed by atoms with Crippen LogP contribution in [0.1, 0.15) is 12.8 Å². The molecule has 1 fully saturated rings. The Morgan fingerprint density at radius 2 is 2.31 bits per heavy atom. The Morgan fingerprint density at radius 3 is 3.00 bits per heavy atom. The van der Waals surface area contributed by atoms with Crippen molar-refractivity contribution in [1.29, 1.82) is 0 Å². The highest BCUT2D eigenvalue weighted by molar-refractivity contribution is 7.99. The number of hydrogen-bond donors (Lipinski definition) is 1. The van der Waals surface area contributed by atoms with Gasteiger partial charge in [0.1, 0.15) is 0 Å². The van der Waals surface area contributed by atoms with E-state index in [1.54, 1.807) is 24.2 Å². The van der Waals surface area contributed by atoms with Gasteiger partial charge in [0.15, 0.2) is 5.16 Å². The summed E-state index contributed by atoms with van der Waals surface area (Å²) in [6.45, 7) is 1.17. The van der Waals surface area contributed by atoms with E-state index in [-0.39, 0.29) is 0 Å². The minimum atomic E-state index is 0.661. The number of nitrogens with one attached hydrogen (secondary N) is 1. The van der Waals surface area contributed by atoms with Gasteiger partial charge in [-0.05, 0) is 25.5 Å². The second kappa shape index (κ2) is 4.58. The highest BCUT2D eigenvalue weighted by Crippen LogP contribution is 2.16. The first-order valence-electron chi connectivity index (χ1n) is 4.58. The van der Waals surface area contributed by atoms with Crippen LogP contribution in [0.4, 0.5) is 0 Å². The Hall–Kier alpha value is -0.610. The second-order valence-electron chi connectivity index (χ2n) is 3.14. The minimum Gasteiger partial charge on any atom is -0.313 e. The van der Waals surface area contributed by atoms with Gasteiger partial charge in [-0.1, -0.05) is 11.8 Å². The average molecular weight is 195 g/mol. The maximum absolute atomic E-state index is 4.16. The van der Waals surface area contributed by atoms with Crippen LogP contribution < -0.4 is 5.32 Å². The van der Waals surface area contributed by atoms with Crippen LogP contribution in [0.5, 0.6) is 0 Å². The Kier molecular flexibility index (Phi) is 3.16. The van der Waals surface area contributed by atoms with Crippen molar-refractivity contribution >= 4 is 11.8 Å². The van der Waals surface area contributed by atoms with Gasteiger partial charge < -0.3 is 5.32 Å². The maximum Gasteiger partial charge on any atom is 0.187 e. The molecular weight excluding hydrogens is 182 g/mol. The first-order valence-corrected chi connectivity index (χ1v) is 5.57. The molecule has 1 aliphatic rings. The van der Waals surface area contributed by atoms with E-state index in [1.165, 1.54) is 19.4 Å². The molecule has 2 heterocycles. The number of hydrogen-bond acceptors (Lipinski definition) is 4. The summed E-state index contributed by atoms with van der Waals surface area (Å²) in [5.41, 5.74) is 0. The molecule has 1 saturated heterocycles. The van der Waals surface area contributed by atoms with Crippen molar-refractivity contribution in [2.45, 2.75) is 24.0 Å². The first-order chi connectivity index (χ1) is 6.45. The highest BCUT2D eigenvalue weighted by Gasteiger charge is 2.14. The van der Waals surface area contributed by atoms with Gasteiger partial charge >= 0.3 is 0 Å². The fourth-order valence-electron chi connectivity index (χ4n) is 1.43. The van der Waals surface area contributed by atoms with E-state index in [2.05, 4.69) is 15.3 Å². The van der Waals surface area contributed by atoms with Crippen LogP contribution in [-0.2, 0) is 0 Å². The van der Waals surface area contributed by atoms with E-state index in [0.717, 1.165) is 10.9 Å². The Morgan fingerprint density at radius 1 is 1.46 bits per heavy atom. The van der Waals surface area contributed by atoms with E-state index in [9.17, 15) is 0 Å². The van der Waals surface area contributed by atoms with Crippen molar-refractivity contribution in [2.24, 2.45) is 0 Å². The van der Waals surface area contributed by atoms with Crippen molar-refractivity contribution in [3.63, 3.8) is 0 Å². The minimum absolute atomic E-state index is 0.661. The zero-order chi connectivity index (χ0) is 8.93. The molecule has 2 rings (SSSR count). The van der Waals surface area contributed by atoms with Crippen LogP contribution in [0.3, 0.4) is 0 Å². The van der Waals surface area contributed by atoms with Crippen LogP contribution in [-0.4, -0.2) is 28.3 Å². The molecule has 0 spiro atoms. The summed E-state index contributed by atoms with van der Waals surface area (Å²) in [6, 6.07) is 2.51. The van der Waals surface area contributed by atoms with Crippen molar-refractivity contribution in [2.75, 3.05) is 12.3 Å². The van der Waals surface area contributed by atoms with Gasteiger partial charge in [-0.3, -0.25) is 0 Å². The molecular formula is C9H13N3S. The van der Waals surface area contributed by atoms with Gasteiger partial charge in [-0.2, -0.15) is 0 Å². The topological polar surface area (TPSA) is 37.8 Å². The standard InChI is InChI=1S/C9H13N3S/c1-3-8(10-4-1)7-13-9-11-5-2-6-12-9/h2,5-6,8,10H,1,3-4,7H2. The van der Waals surface area contributed by atoms with E-state index in [0.29, 0.717) is 6.04 Å². The Bertz CT molecular complexity index is 246. The van der Waals surface area contributed by atoms with Crippen molar-refractivity contribution in [1.82, 2.24) is 15.3 Å². The van der Waals surface area contributed by atoms with Gasteiger partial charge in [-0.25, -0.2) is 9.97 Å². The number of rotatable bonds is 3. The van der Waals surface area contributed by atoms with Crippen molar-refractivity contribution < 1.29 is 0 Å². The first kappa shape index (κ1) is 8.97. The summed E-state index contributed by atoms with van der Waals surface area (Å²) in [5, 5.41) is 4.34. The Labute approximate surface area is 82.4 Å². The van der Waals surface area contributed by atoms with Crippen LogP contribution in [0.25, 0.3) is 0 Å². The molecule has 1 aromatic heterocycles. The fourth-order valence-corrected chi connectivity index (χ4v) is 2.34. The summed E-state index contributed by atoms with van der Waals surface area (Å²) in [7, 11) is 0. The molecule has 0 amide bonds. The van der Waals surface area contributed by atoms with E-state index in [4.69, 9.17) is 0 Å². The third kappa shape index (κ3) is 2.67. The zero-order valence-corrected chi connectivity index (χ0v) is 8.26. The lowest BCUT2D eigenvalue weighted by Gasteiger charge is -2.07. The quantitative estimate of drug-likeness (QED) is 0.583. The van der Waals surface area contributed by atoms with E-state index in [1.807, 2.05) is 6.07 Å². The van der Waals surface area contributed by atoms with Gasteiger partial charge in [0.2, 0.25) is 0 Å². The van der Waals surface area contributed by atoms with Crippen LogP contribution in [0, 0.1) is 0 Å². The van der Waals surface area contributed by atoms with Crippen LogP contribution in [0.15, 0.2) is 23.6 Å². The van der Waals surface area contributed by atoms with E-state index >= 15 is 0 Å². The predicted octanol–water partition coefficient (Wildman–Crippen LogP) is 1.32. The SMILES string of the molecule is c1cnc(SCC2CCCN2)nc1. The molecule has 0 aliphatic carbocycles. The summed E-state index contributed by atoms with van der Waals surface area (Å²) < 4.78 is 0. The molecule has 0 bridgehead atoms. The van der Waals surface area contributed by atoms with Gasteiger partial charge in [0, 0.05) is 24.2 Å². The molecule has 0 saturated carbocycles. The lowest BCUT2D eigenvalue weighted by molar-refractivity contribution is 0.673. The predicted molar refractivity (Wildman–Crippen MR) is 53.8 cm³/mol. The smallest absolute Gasteiger partial charge is 0.187 e. The molecule has 1 aromatic rings. The molecule has 1 atom stereocenters. The van der Waals surface area contributed by atoms with Gasteiger partial charge in [-0.15, -0.1) is 0 Å². The van der Waals surface area contributed by atoms with Crippen molar-refractivity contribution in [3.8, 4) is 0 Å². The lowest BCUT2D eigenvalue weighted by Crippen LogP contribution is -2.23. The number of thioether (sulfide) groups is 1. The largest absolute Gasteiger partial charge is 0.313 e. The fraction of sp³-hybridized carbons (Fsp3) is 0.556. The number of nitrogens with zero attached hydrogens (tertiary/aromatic N) is 2. The van der Waals surface area contributed by atoms with Gasteiger partial charge in [0.05, 0.1) is 0 Å². The van der Waals surface area contributed by atoms with Crippen molar-refractivity contribution in [3.05, 3.63) is 18.5 Å². The molecule has 0 aromatic carbocycles. The monoisotopic (exact) mass is 195 g/mol. The highest BCUT2D eigenvalue weighted by atomic mass is 32.2. The number of aromatic nitrogens is 2. The lowest BCUT2D eigenvalue weighted by atomic mass is 10.3. The normalized spacial score (nSPS) is 22.0. The molecule has 3 nitrogen and oxygen atoms in total. The molecule has 13 heavy (non-hydrogen) atoms. The Balaban J connectivity index is 1.79. The van der Waals surface area contributed by atoms with Crippen LogP contribution in [0.2, 0.25) is 0 Å². The maximum atomic E-state index is 4.16. The molecule has 1 unspecified atom stereocenters. The molecule has 70 valence electrons.